The van der Waals surface area contributed by atoms with Gasteiger partial charge in [-0.2, -0.15) is 0 Å². The molecule has 2 unspecified atom stereocenters. The van der Waals surface area contributed by atoms with E-state index in [-0.39, 0.29) is 0 Å². The van der Waals surface area contributed by atoms with Crippen molar-refractivity contribution in [2.45, 2.75) is 276 Å². The maximum Gasteiger partial charge on any atom is 0.117 e. The molecule has 4 heteroatoms. The van der Waals surface area contributed by atoms with Crippen LogP contribution in [-0.4, -0.2) is 50.1 Å². The summed E-state index contributed by atoms with van der Waals surface area (Å²) in [5.74, 6) is 0. The summed E-state index contributed by atoms with van der Waals surface area (Å²) in [6.45, 7) is 6.54. The van der Waals surface area contributed by atoms with E-state index in [1.54, 1.807) is 0 Å². The Morgan fingerprint density at radius 2 is 0.883 bits per heavy atom. The van der Waals surface area contributed by atoms with Crippen molar-refractivity contribution in [1.29, 1.82) is 0 Å². The van der Waals surface area contributed by atoms with E-state index in [0.29, 0.717) is 12.2 Å². The van der Waals surface area contributed by atoms with Gasteiger partial charge in [0.2, 0.25) is 0 Å². The second-order valence-electron chi connectivity index (χ2n) is 18.7. The molecule has 4 nitrogen and oxygen atoms in total. The summed E-state index contributed by atoms with van der Waals surface area (Å²) in [5.41, 5.74) is 1.32. The van der Waals surface area contributed by atoms with Gasteiger partial charge >= 0.3 is 0 Å². The minimum atomic E-state index is 0.500. The van der Waals surface area contributed by atoms with Gasteiger partial charge in [-0.3, -0.25) is 0 Å². The van der Waals surface area contributed by atoms with Crippen molar-refractivity contribution in [3.05, 3.63) is 48.6 Å². The Kier molecular flexibility index (Phi) is 44.0. The van der Waals surface area contributed by atoms with E-state index >= 15 is 0 Å². The number of unbranched alkanes of at least 4 members (excludes halogenated alkanes) is 24. The largest absolute Gasteiger partial charge is 0.396 e. The lowest BCUT2D eigenvalue weighted by molar-refractivity contribution is -0.0579. The fourth-order valence-corrected chi connectivity index (χ4v) is 8.44. The Morgan fingerprint density at radius 1 is 0.483 bits per heavy atom. The molecule has 0 aromatic heterocycles. The van der Waals surface area contributed by atoms with Gasteiger partial charge in [-0.1, -0.05) is 177 Å². The lowest BCUT2D eigenvalue weighted by Gasteiger charge is -2.30. The minimum absolute atomic E-state index is 0.500. The van der Waals surface area contributed by atoms with Crippen LogP contribution in [0.2, 0.25) is 0 Å². The number of rotatable bonds is 45. The Bertz CT molecular complexity index is 963. The molecule has 0 radical (unpaired) electrons. The minimum Gasteiger partial charge on any atom is -0.396 e. The maximum atomic E-state index is 6.53. The second kappa shape index (κ2) is 46.8. The molecule has 1 heterocycles. The Labute approximate surface area is 376 Å². The SMILES string of the molecule is CCCCC/C=C\C/C=C\CCCCCCCCC(CCCCCCCC/C=C\C/C=C\CCCCC)=NOCCCCCCC1CCCC(CCCCCCN(C)C)O1. The summed E-state index contributed by atoms with van der Waals surface area (Å²) < 4.78 is 6.53. The van der Waals surface area contributed by atoms with Gasteiger partial charge in [0, 0.05) is 0 Å². The van der Waals surface area contributed by atoms with Crippen molar-refractivity contribution in [3.8, 4) is 0 Å². The molecule has 60 heavy (non-hydrogen) atoms. The standard InChI is InChI=1S/C56H104N2O2/c1-5-7-9-11-13-15-17-19-21-23-25-27-29-31-33-39-46-54(47-40-34-32-30-28-26-24-22-20-18-16-14-12-10-8-6-2)57-59-53-44-38-36-42-49-56-51-45-50-55(60-56)48-41-35-37-43-52-58(3)4/h13-16,19-22,55-56H,5-12,17-18,23-53H2,1-4H3/b15-13-,16-14-,21-19-,22-20-. The van der Waals surface area contributed by atoms with E-state index in [4.69, 9.17) is 14.7 Å². The van der Waals surface area contributed by atoms with E-state index in [9.17, 15) is 0 Å². The van der Waals surface area contributed by atoms with Crippen LogP contribution >= 0.6 is 0 Å². The second-order valence-corrected chi connectivity index (χ2v) is 18.7. The van der Waals surface area contributed by atoms with Crippen LogP contribution in [0.3, 0.4) is 0 Å². The quantitative estimate of drug-likeness (QED) is 0.0265. The highest BCUT2D eigenvalue weighted by atomic mass is 16.6. The topological polar surface area (TPSA) is 34.1 Å². The Hall–Kier alpha value is -1.65. The summed E-state index contributed by atoms with van der Waals surface area (Å²) in [4.78, 5) is 8.28. The molecule has 1 saturated heterocycles. The summed E-state index contributed by atoms with van der Waals surface area (Å²) in [6.07, 6.45) is 70.1. The molecule has 1 fully saturated rings. The van der Waals surface area contributed by atoms with Crippen LogP contribution in [0.25, 0.3) is 0 Å². The molecule has 0 aromatic carbocycles. The smallest absolute Gasteiger partial charge is 0.117 e. The Morgan fingerprint density at radius 3 is 1.35 bits per heavy atom. The molecule has 1 aliphatic heterocycles. The molecule has 0 aliphatic carbocycles. The first kappa shape index (κ1) is 56.4. The van der Waals surface area contributed by atoms with E-state index in [1.165, 1.54) is 231 Å². The third-order valence-electron chi connectivity index (χ3n) is 12.4. The van der Waals surface area contributed by atoms with Crippen molar-refractivity contribution >= 4 is 5.71 Å². The fraction of sp³-hybridized carbons (Fsp3) is 0.839. The normalized spacial score (nSPS) is 16.1. The number of hydrogen-bond donors (Lipinski definition) is 0. The lowest BCUT2D eigenvalue weighted by atomic mass is 9.96. The number of nitrogens with zero attached hydrogens (tertiary/aromatic N) is 2. The van der Waals surface area contributed by atoms with Crippen molar-refractivity contribution in [2.75, 3.05) is 27.2 Å². The molecule has 0 bridgehead atoms. The van der Waals surface area contributed by atoms with Gasteiger partial charge in [-0.15, -0.1) is 0 Å². The van der Waals surface area contributed by atoms with Crippen LogP contribution in [0.1, 0.15) is 264 Å². The molecule has 0 aromatic rings. The molecule has 2 atom stereocenters. The first-order valence-electron chi connectivity index (χ1n) is 26.7. The van der Waals surface area contributed by atoms with Gasteiger partial charge in [-0.05, 0) is 162 Å². The van der Waals surface area contributed by atoms with Crippen LogP contribution < -0.4 is 0 Å². The molecule has 0 spiro atoms. The molecular weight excluding hydrogens is 733 g/mol. The first-order valence-corrected chi connectivity index (χ1v) is 26.7. The average Bonchev–Trinajstić information content (AvgIpc) is 3.25. The zero-order valence-electron chi connectivity index (χ0n) is 41.0. The third-order valence-corrected chi connectivity index (χ3v) is 12.4. The van der Waals surface area contributed by atoms with E-state index < -0.39 is 0 Å². The van der Waals surface area contributed by atoms with Gasteiger partial charge in [0.25, 0.3) is 0 Å². The number of ether oxygens (including phenoxy) is 1. The molecule has 1 aliphatic rings. The molecule has 0 amide bonds. The highest BCUT2D eigenvalue weighted by molar-refractivity contribution is 5.83. The summed E-state index contributed by atoms with van der Waals surface area (Å²) >= 11 is 0. The van der Waals surface area contributed by atoms with Crippen molar-refractivity contribution < 1.29 is 9.57 Å². The molecule has 1 rings (SSSR count). The third kappa shape index (κ3) is 41.7. The predicted molar refractivity (Wildman–Crippen MR) is 269 cm³/mol. The zero-order chi connectivity index (χ0) is 43.1. The molecule has 0 N–H and O–H groups in total. The summed E-state index contributed by atoms with van der Waals surface area (Å²) in [6, 6.07) is 0. The lowest BCUT2D eigenvalue weighted by Crippen LogP contribution is -2.27. The van der Waals surface area contributed by atoms with Gasteiger partial charge in [-0.25, -0.2) is 0 Å². The van der Waals surface area contributed by atoms with E-state index in [0.717, 1.165) is 38.7 Å². The number of allylic oxidation sites excluding steroid dienone is 8. The van der Waals surface area contributed by atoms with Crippen molar-refractivity contribution in [1.82, 2.24) is 4.90 Å². The van der Waals surface area contributed by atoms with E-state index in [2.05, 4.69) is 81.5 Å². The Balaban J connectivity index is 2.25. The van der Waals surface area contributed by atoms with Crippen LogP contribution in [0.5, 0.6) is 0 Å². The van der Waals surface area contributed by atoms with Crippen LogP contribution in [-0.2, 0) is 9.57 Å². The van der Waals surface area contributed by atoms with Gasteiger partial charge in [0.05, 0.1) is 17.9 Å². The highest BCUT2D eigenvalue weighted by Crippen LogP contribution is 2.26. The van der Waals surface area contributed by atoms with Crippen LogP contribution in [0.4, 0.5) is 0 Å². The van der Waals surface area contributed by atoms with Gasteiger partial charge in [0.1, 0.15) is 6.61 Å². The first-order chi connectivity index (χ1) is 29.7. The molecular formula is C56H104N2O2. The molecule has 350 valence electrons. The van der Waals surface area contributed by atoms with Gasteiger partial charge in [0.15, 0.2) is 0 Å². The fourth-order valence-electron chi connectivity index (χ4n) is 8.44. The zero-order valence-corrected chi connectivity index (χ0v) is 41.0. The maximum absolute atomic E-state index is 6.53. The monoisotopic (exact) mass is 837 g/mol. The van der Waals surface area contributed by atoms with Gasteiger partial charge < -0.3 is 14.5 Å². The highest BCUT2D eigenvalue weighted by Gasteiger charge is 2.21. The van der Waals surface area contributed by atoms with Crippen molar-refractivity contribution in [2.24, 2.45) is 5.16 Å². The predicted octanol–water partition coefficient (Wildman–Crippen LogP) is 18.2. The summed E-state index contributed by atoms with van der Waals surface area (Å²) in [7, 11) is 4.35. The van der Waals surface area contributed by atoms with E-state index in [1.807, 2.05) is 0 Å². The summed E-state index contributed by atoms with van der Waals surface area (Å²) in [5, 5.41) is 4.76. The number of oxime groups is 1. The molecule has 0 saturated carbocycles. The van der Waals surface area contributed by atoms with Crippen LogP contribution in [0.15, 0.2) is 53.8 Å². The number of hydrogen-bond acceptors (Lipinski definition) is 4. The van der Waals surface area contributed by atoms with Crippen LogP contribution in [0, 0.1) is 0 Å². The average molecular weight is 837 g/mol. The van der Waals surface area contributed by atoms with Crippen molar-refractivity contribution in [3.63, 3.8) is 0 Å².